The van der Waals surface area contributed by atoms with Crippen molar-refractivity contribution in [3.05, 3.63) is 59.9 Å². The van der Waals surface area contributed by atoms with E-state index in [1.165, 1.54) is 0 Å². The number of alkyl halides is 1. The predicted octanol–water partition coefficient (Wildman–Crippen LogP) is 2.71. The number of pyridine rings is 1. The van der Waals surface area contributed by atoms with Crippen LogP contribution in [0.5, 0.6) is 0 Å². The van der Waals surface area contributed by atoms with E-state index in [1.807, 2.05) is 29.0 Å². The van der Waals surface area contributed by atoms with Crippen molar-refractivity contribution >= 4 is 22.8 Å². The van der Waals surface area contributed by atoms with Gasteiger partial charge in [0, 0.05) is 48.7 Å². The Morgan fingerprint density at radius 1 is 1.16 bits per heavy atom. The van der Waals surface area contributed by atoms with Gasteiger partial charge in [0.05, 0.1) is 12.2 Å². The lowest BCUT2D eigenvalue weighted by atomic mass is 9.95. The SMILES string of the molecule is CC1(F)CCN(C(=O)c2cnc3c(ccn3-c3ccc(C(=O)NCCO)cc3)c2)CC1. The van der Waals surface area contributed by atoms with E-state index in [2.05, 4.69) is 10.3 Å². The number of nitrogens with zero attached hydrogens (tertiary/aromatic N) is 3. The van der Waals surface area contributed by atoms with Gasteiger partial charge in [0.25, 0.3) is 11.8 Å². The fourth-order valence-corrected chi connectivity index (χ4v) is 3.75. The minimum absolute atomic E-state index is 0.109. The molecule has 4 rings (SSSR count). The Labute approximate surface area is 179 Å². The van der Waals surface area contributed by atoms with E-state index in [4.69, 9.17) is 5.11 Å². The number of fused-ring (bicyclic) bond motifs is 1. The summed E-state index contributed by atoms with van der Waals surface area (Å²) in [6.45, 7) is 2.49. The van der Waals surface area contributed by atoms with Gasteiger partial charge in [-0.2, -0.15) is 0 Å². The lowest BCUT2D eigenvalue weighted by Crippen LogP contribution is -2.43. The number of amides is 2. The fraction of sp³-hybridized carbons (Fsp3) is 0.348. The molecule has 2 N–H and O–H groups in total. The second-order valence-corrected chi connectivity index (χ2v) is 8.05. The van der Waals surface area contributed by atoms with E-state index in [1.54, 1.807) is 36.2 Å². The van der Waals surface area contributed by atoms with Crippen molar-refractivity contribution in [1.29, 1.82) is 0 Å². The highest BCUT2D eigenvalue weighted by Crippen LogP contribution is 2.27. The van der Waals surface area contributed by atoms with Gasteiger partial charge in [-0.1, -0.05) is 0 Å². The minimum atomic E-state index is -1.20. The second kappa shape index (κ2) is 8.47. The van der Waals surface area contributed by atoms with Crippen LogP contribution in [0.15, 0.2) is 48.8 Å². The number of carbonyl (C=O) groups excluding carboxylic acids is 2. The van der Waals surface area contributed by atoms with Crippen LogP contribution in [0.3, 0.4) is 0 Å². The first-order valence-corrected chi connectivity index (χ1v) is 10.3. The maximum Gasteiger partial charge on any atom is 0.255 e. The lowest BCUT2D eigenvalue weighted by Gasteiger charge is -2.34. The average Bonchev–Trinajstić information content (AvgIpc) is 3.20. The molecule has 0 spiro atoms. The van der Waals surface area contributed by atoms with E-state index in [0.717, 1.165) is 11.1 Å². The van der Waals surface area contributed by atoms with E-state index in [-0.39, 0.29) is 25.0 Å². The van der Waals surface area contributed by atoms with Gasteiger partial charge >= 0.3 is 0 Å². The molecular formula is C23H25FN4O3. The van der Waals surface area contributed by atoms with Gasteiger partial charge in [0.1, 0.15) is 11.3 Å². The monoisotopic (exact) mass is 424 g/mol. The highest BCUT2D eigenvalue weighted by atomic mass is 19.1. The molecule has 1 fully saturated rings. The summed E-state index contributed by atoms with van der Waals surface area (Å²) in [4.78, 5) is 31.0. The molecule has 162 valence electrons. The number of halogens is 1. The lowest BCUT2D eigenvalue weighted by molar-refractivity contribution is 0.0503. The van der Waals surface area contributed by atoms with Crippen LogP contribution in [0.2, 0.25) is 0 Å². The van der Waals surface area contributed by atoms with Crippen LogP contribution in [0.1, 0.15) is 40.5 Å². The summed E-state index contributed by atoms with van der Waals surface area (Å²) in [5, 5.41) is 12.3. The van der Waals surface area contributed by atoms with Crippen LogP contribution in [-0.2, 0) is 0 Å². The van der Waals surface area contributed by atoms with Crippen molar-refractivity contribution in [1.82, 2.24) is 19.8 Å². The number of nitrogens with one attached hydrogen (secondary N) is 1. The summed E-state index contributed by atoms with van der Waals surface area (Å²) in [7, 11) is 0. The Morgan fingerprint density at radius 2 is 1.87 bits per heavy atom. The molecule has 3 heterocycles. The Bertz CT molecular complexity index is 1100. The molecule has 1 aliphatic heterocycles. The maximum atomic E-state index is 14.0. The third-order valence-electron chi connectivity index (χ3n) is 5.67. The van der Waals surface area contributed by atoms with Crippen LogP contribution in [0, 0.1) is 0 Å². The van der Waals surface area contributed by atoms with Crippen LogP contribution in [0.4, 0.5) is 4.39 Å². The summed E-state index contributed by atoms with van der Waals surface area (Å²) in [6.07, 6.45) is 4.11. The molecule has 31 heavy (non-hydrogen) atoms. The summed E-state index contributed by atoms with van der Waals surface area (Å²) in [5.74, 6) is -0.374. The largest absolute Gasteiger partial charge is 0.395 e. The molecular weight excluding hydrogens is 399 g/mol. The molecule has 1 aliphatic rings. The van der Waals surface area contributed by atoms with Crippen LogP contribution >= 0.6 is 0 Å². The second-order valence-electron chi connectivity index (χ2n) is 8.05. The molecule has 3 aromatic rings. The smallest absolute Gasteiger partial charge is 0.255 e. The number of piperidine rings is 1. The van der Waals surface area contributed by atoms with Gasteiger partial charge in [-0.25, -0.2) is 9.37 Å². The fourth-order valence-electron chi connectivity index (χ4n) is 3.75. The third-order valence-corrected chi connectivity index (χ3v) is 5.67. The van der Waals surface area contributed by atoms with Gasteiger partial charge < -0.3 is 19.9 Å². The first-order valence-electron chi connectivity index (χ1n) is 10.3. The molecule has 0 atom stereocenters. The normalized spacial score (nSPS) is 15.8. The van der Waals surface area contributed by atoms with E-state index in [9.17, 15) is 14.0 Å². The van der Waals surface area contributed by atoms with E-state index in [0.29, 0.717) is 42.7 Å². The number of aromatic nitrogens is 2. The highest BCUT2D eigenvalue weighted by molar-refractivity contribution is 5.97. The summed E-state index contributed by atoms with van der Waals surface area (Å²) in [6, 6.07) is 10.7. The van der Waals surface area contributed by atoms with Crippen molar-refractivity contribution in [3.63, 3.8) is 0 Å². The predicted molar refractivity (Wildman–Crippen MR) is 115 cm³/mol. The molecule has 8 heteroatoms. The van der Waals surface area contributed by atoms with E-state index >= 15 is 0 Å². The van der Waals surface area contributed by atoms with Crippen molar-refractivity contribution in [2.45, 2.75) is 25.4 Å². The third kappa shape index (κ3) is 4.44. The van der Waals surface area contributed by atoms with Gasteiger partial charge in [0.15, 0.2) is 0 Å². The number of hydrogen-bond acceptors (Lipinski definition) is 4. The van der Waals surface area contributed by atoms with Crippen LogP contribution < -0.4 is 5.32 Å². The molecule has 0 aliphatic carbocycles. The van der Waals surface area contributed by atoms with Crippen molar-refractivity contribution in [2.75, 3.05) is 26.2 Å². The zero-order valence-corrected chi connectivity index (χ0v) is 17.3. The number of likely N-dealkylation sites (tertiary alicyclic amines) is 1. The summed E-state index contributed by atoms with van der Waals surface area (Å²) < 4.78 is 15.9. The van der Waals surface area contributed by atoms with Crippen molar-refractivity contribution < 1.29 is 19.1 Å². The van der Waals surface area contributed by atoms with Gasteiger partial charge in [-0.3, -0.25) is 9.59 Å². The first kappa shape index (κ1) is 21.0. The Balaban J connectivity index is 1.53. The molecule has 0 radical (unpaired) electrons. The molecule has 1 aromatic carbocycles. The summed E-state index contributed by atoms with van der Waals surface area (Å²) in [5.41, 5.74) is 1.32. The highest BCUT2D eigenvalue weighted by Gasteiger charge is 2.32. The molecule has 0 bridgehead atoms. The Kier molecular flexibility index (Phi) is 5.73. The van der Waals surface area contributed by atoms with Crippen molar-refractivity contribution in [2.24, 2.45) is 0 Å². The van der Waals surface area contributed by atoms with Crippen molar-refractivity contribution in [3.8, 4) is 5.69 Å². The topological polar surface area (TPSA) is 87.5 Å². The molecule has 2 amide bonds. The maximum absolute atomic E-state index is 14.0. The standard InChI is InChI=1S/C23H25FN4O3/c1-23(24)7-11-27(12-8-23)22(31)18-14-17-6-10-28(20(17)26-15-18)19-4-2-16(3-5-19)21(30)25-9-13-29/h2-6,10,14-15,29H,7-9,11-13H2,1H3,(H,25,30). The van der Waals surface area contributed by atoms with Crippen LogP contribution in [0.25, 0.3) is 16.7 Å². The molecule has 2 aromatic heterocycles. The van der Waals surface area contributed by atoms with Gasteiger partial charge in [-0.15, -0.1) is 0 Å². The number of aliphatic hydroxyl groups excluding tert-OH is 1. The summed E-state index contributed by atoms with van der Waals surface area (Å²) >= 11 is 0. The van der Waals surface area contributed by atoms with Gasteiger partial charge in [0.2, 0.25) is 0 Å². The average molecular weight is 424 g/mol. The number of hydrogen-bond donors (Lipinski definition) is 2. The number of aliphatic hydroxyl groups is 1. The van der Waals surface area contributed by atoms with E-state index < -0.39 is 5.67 Å². The zero-order valence-electron chi connectivity index (χ0n) is 17.3. The molecule has 0 unspecified atom stereocenters. The van der Waals surface area contributed by atoms with Gasteiger partial charge in [-0.05, 0) is 56.2 Å². The number of rotatable bonds is 5. The Hall–Kier alpha value is -3.26. The zero-order chi connectivity index (χ0) is 22.0. The number of carbonyl (C=O) groups is 2. The minimum Gasteiger partial charge on any atom is -0.395 e. The number of benzene rings is 1. The molecule has 0 saturated carbocycles. The Morgan fingerprint density at radius 3 is 2.55 bits per heavy atom. The molecule has 7 nitrogen and oxygen atoms in total. The quantitative estimate of drug-likeness (QED) is 0.659. The molecule has 1 saturated heterocycles. The first-order chi connectivity index (χ1) is 14.9. The van der Waals surface area contributed by atoms with Crippen LogP contribution in [-0.4, -0.2) is 63.3 Å².